The van der Waals surface area contributed by atoms with Crippen LogP contribution in [0.4, 0.5) is 0 Å². The first-order valence-corrected chi connectivity index (χ1v) is 9.25. The largest absolute Gasteiger partial charge is 0.507 e. The first-order valence-electron chi connectivity index (χ1n) is 9.25. The zero-order chi connectivity index (χ0) is 20.5. The van der Waals surface area contributed by atoms with Crippen LogP contribution < -0.4 is 0 Å². The number of nitrogens with zero attached hydrogens (tertiary/aromatic N) is 2. The summed E-state index contributed by atoms with van der Waals surface area (Å²) in [4.78, 5) is 31.3. The highest BCUT2D eigenvalue weighted by Gasteiger charge is 2.46. The highest BCUT2D eigenvalue weighted by molar-refractivity contribution is 6.46. The maximum Gasteiger partial charge on any atom is 0.296 e. The van der Waals surface area contributed by atoms with Crippen LogP contribution in [0.1, 0.15) is 34.1 Å². The van der Waals surface area contributed by atoms with Crippen molar-refractivity contribution < 1.29 is 19.1 Å². The van der Waals surface area contributed by atoms with Crippen LogP contribution in [0.15, 0.2) is 71.1 Å². The Kier molecular flexibility index (Phi) is 4.76. The summed E-state index contributed by atoms with van der Waals surface area (Å²) < 4.78 is 5.38. The lowest BCUT2D eigenvalue weighted by atomic mass is 9.94. The van der Waals surface area contributed by atoms with E-state index in [1.165, 1.54) is 11.2 Å². The Balaban J connectivity index is 1.90. The average molecular weight is 388 g/mol. The number of benzene rings is 1. The fourth-order valence-electron chi connectivity index (χ4n) is 3.64. The lowest BCUT2D eigenvalue weighted by Gasteiger charge is -2.24. The monoisotopic (exact) mass is 388 g/mol. The van der Waals surface area contributed by atoms with Crippen molar-refractivity contribution in [3.05, 3.63) is 94.7 Å². The van der Waals surface area contributed by atoms with Gasteiger partial charge in [0.15, 0.2) is 0 Å². The molecule has 1 unspecified atom stereocenters. The van der Waals surface area contributed by atoms with E-state index in [2.05, 4.69) is 4.98 Å². The maximum absolute atomic E-state index is 13.0. The fraction of sp³-hybridized carbons (Fsp3) is 0.174. The molecule has 3 aromatic rings. The topological polar surface area (TPSA) is 83.6 Å². The minimum absolute atomic E-state index is 0.0708. The minimum atomic E-state index is -0.733. The first-order chi connectivity index (χ1) is 14.0. The van der Waals surface area contributed by atoms with Crippen molar-refractivity contribution in [1.82, 2.24) is 9.88 Å². The van der Waals surface area contributed by atoms with Crippen molar-refractivity contribution in [3.63, 3.8) is 0 Å². The third-order valence-corrected chi connectivity index (χ3v) is 5.12. The van der Waals surface area contributed by atoms with Gasteiger partial charge >= 0.3 is 0 Å². The van der Waals surface area contributed by atoms with Crippen molar-refractivity contribution in [2.75, 3.05) is 0 Å². The Morgan fingerprint density at radius 3 is 2.59 bits per heavy atom. The summed E-state index contributed by atoms with van der Waals surface area (Å²) in [5.74, 6) is -1.00. The van der Waals surface area contributed by atoms with E-state index in [0.29, 0.717) is 16.9 Å². The molecule has 0 bridgehead atoms. The second-order valence-electron chi connectivity index (χ2n) is 7.11. The number of amides is 1. The van der Waals surface area contributed by atoms with Gasteiger partial charge in [0.25, 0.3) is 11.7 Å². The van der Waals surface area contributed by atoms with Crippen molar-refractivity contribution in [3.8, 4) is 0 Å². The number of carbonyl (C=O) groups excluding carboxylic acids is 2. The zero-order valence-corrected chi connectivity index (χ0v) is 16.1. The molecule has 1 fully saturated rings. The number of hydrogen-bond acceptors (Lipinski definition) is 5. The molecule has 4 rings (SSSR count). The summed E-state index contributed by atoms with van der Waals surface area (Å²) in [6, 6.07) is 11.8. The molecule has 0 aliphatic carbocycles. The van der Waals surface area contributed by atoms with Gasteiger partial charge in [-0.05, 0) is 55.3 Å². The highest BCUT2D eigenvalue weighted by atomic mass is 16.3. The van der Waals surface area contributed by atoms with Crippen LogP contribution in [0, 0.1) is 13.8 Å². The Hall–Kier alpha value is -3.67. The molecule has 1 atom stereocenters. The number of pyridine rings is 1. The van der Waals surface area contributed by atoms with Gasteiger partial charge in [-0.15, -0.1) is 0 Å². The number of hydrogen-bond donors (Lipinski definition) is 1. The van der Waals surface area contributed by atoms with Crippen LogP contribution in [0.25, 0.3) is 5.76 Å². The van der Waals surface area contributed by atoms with Gasteiger partial charge in [0.05, 0.1) is 24.4 Å². The molecule has 6 nitrogen and oxygen atoms in total. The number of rotatable bonds is 4. The second-order valence-corrected chi connectivity index (χ2v) is 7.11. The molecule has 29 heavy (non-hydrogen) atoms. The fourth-order valence-corrected chi connectivity index (χ4v) is 3.64. The Morgan fingerprint density at radius 2 is 1.90 bits per heavy atom. The van der Waals surface area contributed by atoms with E-state index in [1.807, 2.05) is 32.0 Å². The molecule has 1 amide bonds. The van der Waals surface area contributed by atoms with E-state index >= 15 is 0 Å². The molecule has 1 saturated heterocycles. The highest BCUT2D eigenvalue weighted by Crippen LogP contribution is 2.40. The molecule has 3 heterocycles. The van der Waals surface area contributed by atoms with Crippen LogP contribution >= 0.6 is 0 Å². The van der Waals surface area contributed by atoms with Gasteiger partial charge in [0.2, 0.25) is 0 Å². The Bertz CT molecular complexity index is 1100. The number of aliphatic hydroxyl groups is 1. The number of aromatic nitrogens is 1. The van der Waals surface area contributed by atoms with Gasteiger partial charge < -0.3 is 14.4 Å². The lowest BCUT2D eigenvalue weighted by Crippen LogP contribution is -2.29. The molecule has 1 aromatic carbocycles. The Morgan fingerprint density at radius 1 is 1.14 bits per heavy atom. The molecule has 0 saturated carbocycles. The maximum atomic E-state index is 13.0. The van der Waals surface area contributed by atoms with E-state index < -0.39 is 17.7 Å². The number of likely N-dealkylation sites (tertiary alicyclic amines) is 1. The van der Waals surface area contributed by atoms with Crippen LogP contribution in [-0.2, 0) is 16.1 Å². The quantitative estimate of drug-likeness (QED) is 0.416. The summed E-state index contributed by atoms with van der Waals surface area (Å²) >= 11 is 0. The van der Waals surface area contributed by atoms with Crippen LogP contribution in [0.2, 0.25) is 0 Å². The summed E-state index contributed by atoms with van der Waals surface area (Å²) in [5.41, 5.74) is 3.07. The zero-order valence-electron chi connectivity index (χ0n) is 16.1. The van der Waals surface area contributed by atoms with Gasteiger partial charge in [-0.2, -0.15) is 0 Å². The number of aryl methyl sites for hydroxylation is 2. The molecule has 2 aromatic heterocycles. The predicted molar refractivity (Wildman–Crippen MR) is 107 cm³/mol. The van der Waals surface area contributed by atoms with Crippen molar-refractivity contribution >= 4 is 17.4 Å². The molecule has 1 N–H and O–H groups in total. The van der Waals surface area contributed by atoms with E-state index in [0.717, 1.165) is 11.1 Å². The SMILES string of the molecule is Cc1ccc(C)c(C(O)=C2C(=O)C(=O)N(Cc3ccco3)C2c2ccncc2)c1. The number of ketones is 1. The van der Waals surface area contributed by atoms with Crippen molar-refractivity contribution in [2.24, 2.45) is 0 Å². The molecular formula is C23H20N2O4. The van der Waals surface area contributed by atoms with Gasteiger partial charge in [-0.3, -0.25) is 14.6 Å². The van der Waals surface area contributed by atoms with E-state index in [9.17, 15) is 14.7 Å². The predicted octanol–water partition coefficient (Wildman–Crippen LogP) is 3.91. The van der Waals surface area contributed by atoms with Crippen LogP contribution in [0.5, 0.6) is 0 Å². The smallest absolute Gasteiger partial charge is 0.296 e. The minimum Gasteiger partial charge on any atom is -0.507 e. The van der Waals surface area contributed by atoms with Crippen molar-refractivity contribution in [2.45, 2.75) is 26.4 Å². The summed E-state index contributed by atoms with van der Waals surface area (Å²) in [6.45, 7) is 3.88. The lowest BCUT2D eigenvalue weighted by molar-refractivity contribution is -0.140. The summed E-state index contributed by atoms with van der Waals surface area (Å²) in [5, 5.41) is 11.1. The summed E-state index contributed by atoms with van der Waals surface area (Å²) in [7, 11) is 0. The number of furan rings is 1. The summed E-state index contributed by atoms with van der Waals surface area (Å²) in [6.07, 6.45) is 4.71. The van der Waals surface area contributed by atoms with Crippen molar-refractivity contribution in [1.29, 1.82) is 0 Å². The molecule has 0 spiro atoms. The standard InChI is InChI=1S/C23H20N2O4/c1-14-5-6-15(2)18(12-14)21(26)19-20(16-7-9-24-10-8-16)25(23(28)22(19)27)13-17-4-3-11-29-17/h3-12,20,26H,13H2,1-2H3. The van der Waals surface area contributed by atoms with E-state index in [-0.39, 0.29) is 17.9 Å². The molecule has 1 aliphatic rings. The van der Waals surface area contributed by atoms with Gasteiger partial charge in [0.1, 0.15) is 11.5 Å². The molecule has 146 valence electrons. The van der Waals surface area contributed by atoms with E-state index in [4.69, 9.17) is 4.42 Å². The normalized spacial score (nSPS) is 18.4. The molecular weight excluding hydrogens is 368 g/mol. The third-order valence-electron chi connectivity index (χ3n) is 5.12. The van der Waals surface area contributed by atoms with Crippen LogP contribution in [-0.4, -0.2) is 26.7 Å². The van der Waals surface area contributed by atoms with Gasteiger partial charge in [-0.25, -0.2) is 0 Å². The second kappa shape index (κ2) is 7.39. The van der Waals surface area contributed by atoms with E-state index in [1.54, 1.807) is 36.7 Å². The third kappa shape index (κ3) is 3.33. The molecule has 1 aliphatic heterocycles. The average Bonchev–Trinajstić information content (AvgIpc) is 3.32. The molecule has 0 radical (unpaired) electrons. The number of Topliss-reactive ketones (excluding diaryl/α,β-unsaturated/α-hetero) is 1. The van der Waals surface area contributed by atoms with Gasteiger partial charge in [-0.1, -0.05) is 17.7 Å². The number of aliphatic hydroxyl groups excluding tert-OH is 1. The Labute approximate surface area is 168 Å². The molecule has 6 heteroatoms. The van der Waals surface area contributed by atoms with Gasteiger partial charge in [0, 0.05) is 18.0 Å². The first kappa shape index (κ1) is 18.7. The number of carbonyl (C=O) groups is 2. The van der Waals surface area contributed by atoms with Crippen LogP contribution in [0.3, 0.4) is 0 Å².